The van der Waals surface area contributed by atoms with Gasteiger partial charge in [-0.1, -0.05) is 40.2 Å². The maximum atomic E-state index is 13.9. The van der Waals surface area contributed by atoms with E-state index in [0.717, 1.165) is 6.07 Å². The van der Waals surface area contributed by atoms with E-state index in [4.69, 9.17) is 0 Å². The van der Waals surface area contributed by atoms with E-state index in [1.54, 1.807) is 24.3 Å². The molecule has 0 aromatic heterocycles. The van der Waals surface area contributed by atoms with Crippen molar-refractivity contribution in [1.29, 1.82) is 0 Å². The lowest BCUT2D eigenvalue weighted by atomic mass is 9.98. The van der Waals surface area contributed by atoms with Gasteiger partial charge in [0.1, 0.15) is 17.7 Å². The third-order valence-corrected chi connectivity index (χ3v) is 3.52. The molecule has 94 valence electrons. The van der Waals surface area contributed by atoms with E-state index in [1.165, 1.54) is 13.0 Å². The summed E-state index contributed by atoms with van der Waals surface area (Å²) in [7, 11) is 0. The Hall–Kier alpha value is -1.26. The molecule has 0 aliphatic carbocycles. The van der Waals surface area contributed by atoms with Crippen molar-refractivity contribution in [2.75, 3.05) is 0 Å². The molecular formula is C14H11BrF2O. The van der Waals surface area contributed by atoms with Crippen LogP contribution >= 0.6 is 15.9 Å². The SMILES string of the molecule is Cc1ccc(F)c(C(O)c2ccccc2Br)c1F. The molecule has 0 aliphatic heterocycles. The van der Waals surface area contributed by atoms with Crippen LogP contribution in [-0.2, 0) is 0 Å². The quantitative estimate of drug-likeness (QED) is 0.884. The number of hydrogen-bond donors (Lipinski definition) is 1. The molecule has 0 heterocycles. The second kappa shape index (κ2) is 5.16. The van der Waals surface area contributed by atoms with E-state index in [2.05, 4.69) is 15.9 Å². The number of halogens is 3. The summed E-state index contributed by atoms with van der Waals surface area (Å²) in [6.45, 7) is 1.53. The number of rotatable bonds is 2. The average molecular weight is 313 g/mol. The van der Waals surface area contributed by atoms with Crippen molar-refractivity contribution in [2.45, 2.75) is 13.0 Å². The fraction of sp³-hybridized carbons (Fsp3) is 0.143. The van der Waals surface area contributed by atoms with Crippen LogP contribution in [0.5, 0.6) is 0 Å². The predicted molar refractivity (Wildman–Crippen MR) is 69.3 cm³/mol. The van der Waals surface area contributed by atoms with Crippen molar-refractivity contribution in [3.8, 4) is 0 Å². The molecule has 1 nitrogen and oxygen atoms in total. The van der Waals surface area contributed by atoms with E-state index in [-0.39, 0.29) is 5.56 Å². The Morgan fingerprint density at radius 1 is 1.11 bits per heavy atom. The van der Waals surface area contributed by atoms with Crippen LogP contribution in [0.1, 0.15) is 22.8 Å². The standard InChI is InChI=1S/C14H11BrF2O/c1-8-6-7-11(16)12(13(8)17)14(18)9-4-2-3-5-10(9)15/h2-7,14,18H,1H3. The molecule has 2 aromatic rings. The lowest BCUT2D eigenvalue weighted by Crippen LogP contribution is -2.07. The first kappa shape index (κ1) is 13.2. The fourth-order valence-corrected chi connectivity index (χ4v) is 2.28. The minimum atomic E-state index is -1.33. The van der Waals surface area contributed by atoms with Gasteiger partial charge in [0.15, 0.2) is 0 Å². The molecular weight excluding hydrogens is 302 g/mol. The maximum Gasteiger partial charge on any atom is 0.135 e. The average Bonchev–Trinajstić information content (AvgIpc) is 2.35. The third kappa shape index (κ3) is 2.31. The van der Waals surface area contributed by atoms with Crippen molar-refractivity contribution in [1.82, 2.24) is 0 Å². The minimum Gasteiger partial charge on any atom is -0.383 e. The first-order chi connectivity index (χ1) is 8.52. The van der Waals surface area contributed by atoms with Gasteiger partial charge in [0.25, 0.3) is 0 Å². The van der Waals surface area contributed by atoms with E-state index in [9.17, 15) is 13.9 Å². The van der Waals surface area contributed by atoms with Crippen molar-refractivity contribution in [3.05, 3.63) is 69.2 Å². The third-order valence-electron chi connectivity index (χ3n) is 2.79. The normalized spacial score (nSPS) is 12.5. The lowest BCUT2D eigenvalue weighted by molar-refractivity contribution is 0.208. The molecule has 2 rings (SSSR count). The van der Waals surface area contributed by atoms with Gasteiger partial charge in [-0.2, -0.15) is 0 Å². The van der Waals surface area contributed by atoms with Crippen molar-refractivity contribution >= 4 is 15.9 Å². The molecule has 18 heavy (non-hydrogen) atoms. The fourth-order valence-electron chi connectivity index (χ4n) is 1.78. The van der Waals surface area contributed by atoms with Crippen molar-refractivity contribution < 1.29 is 13.9 Å². The van der Waals surface area contributed by atoms with Gasteiger partial charge in [0.05, 0.1) is 5.56 Å². The Bertz CT molecular complexity index is 584. The zero-order valence-corrected chi connectivity index (χ0v) is 11.2. The molecule has 4 heteroatoms. The lowest BCUT2D eigenvalue weighted by Gasteiger charge is -2.15. The Balaban J connectivity index is 2.56. The summed E-state index contributed by atoms with van der Waals surface area (Å²) >= 11 is 3.26. The Morgan fingerprint density at radius 2 is 1.78 bits per heavy atom. The smallest absolute Gasteiger partial charge is 0.135 e. The number of hydrogen-bond acceptors (Lipinski definition) is 1. The van der Waals surface area contributed by atoms with Gasteiger partial charge in [-0.3, -0.25) is 0 Å². The number of benzene rings is 2. The van der Waals surface area contributed by atoms with Crippen LogP contribution in [0.15, 0.2) is 40.9 Å². The Labute approximate surface area is 112 Å². The highest BCUT2D eigenvalue weighted by molar-refractivity contribution is 9.10. The maximum absolute atomic E-state index is 13.9. The first-order valence-electron chi connectivity index (χ1n) is 5.39. The molecule has 0 fully saturated rings. The molecule has 1 atom stereocenters. The summed E-state index contributed by atoms with van der Waals surface area (Å²) in [5.41, 5.74) is 0.417. The minimum absolute atomic E-state index is 0.303. The van der Waals surface area contributed by atoms with Crippen molar-refractivity contribution in [2.24, 2.45) is 0 Å². The van der Waals surface area contributed by atoms with Crippen LogP contribution < -0.4 is 0 Å². The number of aryl methyl sites for hydroxylation is 1. The van der Waals surface area contributed by atoms with E-state index < -0.39 is 17.7 Å². The zero-order chi connectivity index (χ0) is 13.3. The topological polar surface area (TPSA) is 20.2 Å². The molecule has 0 saturated heterocycles. The van der Waals surface area contributed by atoms with Crippen molar-refractivity contribution in [3.63, 3.8) is 0 Å². The van der Waals surface area contributed by atoms with Gasteiger partial charge < -0.3 is 5.11 Å². The summed E-state index contributed by atoms with van der Waals surface area (Å²) in [4.78, 5) is 0. The summed E-state index contributed by atoms with van der Waals surface area (Å²) in [5, 5.41) is 10.1. The molecule has 0 aliphatic rings. The Morgan fingerprint density at radius 3 is 2.44 bits per heavy atom. The predicted octanol–water partition coefficient (Wildman–Crippen LogP) is 4.12. The molecule has 2 aromatic carbocycles. The molecule has 0 bridgehead atoms. The molecule has 0 spiro atoms. The van der Waals surface area contributed by atoms with Gasteiger partial charge >= 0.3 is 0 Å². The summed E-state index contributed by atoms with van der Waals surface area (Å²) in [5.74, 6) is -1.46. The van der Waals surface area contributed by atoms with E-state index >= 15 is 0 Å². The highest BCUT2D eigenvalue weighted by Gasteiger charge is 2.22. The summed E-state index contributed by atoms with van der Waals surface area (Å²) < 4.78 is 28.2. The molecule has 1 unspecified atom stereocenters. The van der Waals surface area contributed by atoms with Gasteiger partial charge in [0, 0.05) is 4.47 Å². The highest BCUT2D eigenvalue weighted by atomic mass is 79.9. The Kier molecular flexibility index (Phi) is 3.78. The largest absolute Gasteiger partial charge is 0.383 e. The second-order valence-electron chi connectivity index (χ2n) is 4.02. The zero-order valence-electron chi connectivity index (χ0n) is 9.62. The first-order valence-corrected chi connectivity index (χ1v) is 6.18. The molecule has 1 N–H and O–H groups in total. The van der Waals surface area contributed by atoms with E-state index in [0.29, 0.717) is 15.6 Å². The van der Waals surface area contributed by atoms with Crippen LogP contribution in [0, 0.1) is 18.6 Å². The van der Waals surface area contributed by atoms with Crippen LogP contribution in [0.25, 0.3) is 0 Å². The molecule has 0 radical (unpaired) electrons. The monoisotopic (exact) mass is 312 g/mol. The second-order valence-corrected chi connectivity index (χ2v) is 4.87. The van der Waals surface area contributed by atoms with Crippen LogP contribution in [0.4, 0.5) is 8.78 Å². The van der Waals surface area contributed by atoms with Crippen LogP contribution in [-0.4, -0.2) is 5.11 Å². The number of aliphatic hydroxyl groups excluding tert-OH is 1. The summed E-state index contributed by atoms with van der Waals surface area (Å²) in [6.07, 6.45) is -1.33. The summed E-state index contributed by atoms with van der Waals surface area (Å²) in [6, 6.07) is 9.31. The van der Waals surface area contributed by atoms with Gasteiger partial charge in [-0.25, -0.2) is 8.78 Å². The van der Waals surface area contributed by atoms with E-state index in [1.807, 2.05) is 0 Å². The number of aliphatic hydroxyl groups is 1. The van der Waals surface area contributed by atoms with Gasteiger partial charge in [0.2, 0.25) is 0 Å². The molecule has 0 saturated carbocycles. The highest BCUT2D eigenvalue weighted by Crippen LogP contribution is 2.32. The van der Waals surface area contributed by atoms with Gasteiger partial charge in [-0.05, 0) is 30.2 Å². The van der Waals surface area contributed by atoms with Crippen LogP contribution in [0.3, 0.4) is 0 Å². The molecule has 0 amide bonds. The van der Waals surface area contributed by atoms with Gasteiger partial charge in [-0.15, -0.1) is 0 Å². The van der Waals surface area contributed by atoms with Crippen LogP contribution in [0.2, 0.25) is 0 Å².